The fourth-order valence-corrected chi connectivity index (χ4v) is 5.40. The molecular formula is C29H26Cl2F6N2O6. The number of aliphatic carboxylic acids is 2. The van der Waals surface area contributed by atoms with Crippen molar-refractivity contribution in [2.75, 3.05) is 19.7 Å². The number of nitrogens with one attached hydrogen (secondary N) is 1. The molecule has 1 aliphatic carbocycles. The minimum absolute atomic E-state index is 0.0630. The van der Waals surface area contributed by atoms with E-state index < -0.39 is 52.3 Å². The number of carbonyl (C=O) groups excluding carboxylic acids is 1. The van der Waals surface area contributed by atoms with Crippen molar-refractivity contribution in [3.8, 4) is 0 Å². The molecule has 2 aromatic carbocycles. The zero-order chi connectivity index (χ0) is 34.0. The van der Waals surface area contributed by atoms with Gasteiger partial charge in [-0.2, -0.15) is 26.3 Å². The summed E-state index contributed by atoms with van der Waals surface area (Å²) in [6.45, 7) is 1.38. The summed E-state index contributed by atoms with van der Waals surface area (Å²) in [6.07, 6.45) is -5.62. The van der Waals surface area contributed by atoms with E-state index in [1.54, 1.807) is 18.2 Å². The van der Waals surface area contributed by atoms with Crippen LogP contribution in [0.25, 0.3) is 0 Å². The first-order valence-corrected chi connectivity index (χ1v) is 13.8. The third-order valence-corrected chi connectivity index (χ3v) is 8.26. The Kier molecular flexibility index (Phi) is 10.6. The summed E-state index contributed by atoms with van der Waals surface area (Å²) in [6, 6.07) is 5.53. The van der Waals surface area contributed by atoms with E-state index in [-0.39, 0.29) is 48.3 Å². The summed E-state index contributed by atoms with van der Waals surface area (Å²) < 4.78 is 76.0. The minimum Gasteiger partial charge on any atom is -0.481 e. The third kappa shape index (κ3) is 7.74. The molecule has 0 spiro atoms. The zero-order valence-corrected chi connectivity index (χ0v) is 24.8. The van der Waals surface area contributed by atoms with Gasteiger partial charge in [-0.15, -0.1) is 0 Å². The van der Waals surface area contributed by atoms with Crippen LogP contribution >= 0.6 is 23.2 Å². The fraction of sp³-hybridized carbons (Fsp3) is 0.345. The first-order chi connectivity index (χ1) is 20.7. The minimum atomic E-state index is -4.89. The first-order valence-electron chi connectivity index (χ1n) is 13.0. The molecule has 1 heterocycles. The lowest BCUT2D eigenvalue weighted by Crippen LogP contribution is -2.49. The van der Waals surface area contributed by atoms with E-state index in [1.807, 2.05) is 0 Å². The van der Waals surface area contributed by atoms with Crippen molar-refractivity contribution >= 4 is 41.2 Å². The van der Waals surface area contributed by atoms with Crippen molar-refractivity contribution < 1.29 is 56.0 Å². The number of aliphatic hydroxyl groups excluding tert-OH is 1. The van der Waals surface area contributed by atoms with Crippen LogP contribution in [-0.4, -0.2) is 57.9 Å². The van der Waals surface area contributed by atoms with Crippen molar-refractivity contribution in [3.63, 3.8) is 0 Å². The van der Waals surface area contributed by atoms with Gasteiger partial charge in [0.15, 0.2) is 0 Å². The maximum Gasteiger partial charge on any atom is 0.416 e. The molecule has 2 atom stereocenters. The molecule has 4 rings (SSSR count). The lowest BCUT2D eigenvalue weighted by Gasteiger charge is -2.45. The number of aliphatic hydroxyl groups is 1. The molecule has 45 heavy (non-hydrogen) atoms. The Morgan fingerprint density at radius 1 is 0.978 bits per heavy atom. The molecule has 2 aromatic rings. The van der Waals surface area contributed by atoms with Gasteiger partial charge in [0.05, 0.1) is 32.2 Å². The van der Waals surface area contributed by atoms with E-state index in [2.05, 4.69) is 5.32 Å². The number of alkyl halides is 6. The molecule has 1 saturated heterocycles. The van der Waals surface area contributed by atoms with Crippen LogP contribution in [0.3, 0.4) is 0 Å². The number of urea groups is 1. The van der Waals surface area contributed by atoms with Crippen LogP contribution in [0.4, 0.5) is 31.1 Å². The molecule has 0 radical (unpaired) electrons. The maximum atomic E-state index is 12.7. The molecule has 2 aliphatic rings. The summed E-state index contributed by atoms with van der Waals surface area (Å²) in [5.74, 6) is -2.42. The summed E-state index contributed by atoms with van der Waals surface area (Å²) in [4.78, 5) is 35.8. The number of carboxylic acid groups (broad SMARTS) is 2. The number of hydrogen-bond donors (Lipinski definition) is 4. The Morgan fingerprint density at radius 2 is 1.58 bits per heavy atom. The molecule has 0 saturated carbocycles. The third-order valence-electron chi connectivity index (χ3n) is 7.52. The topological polar surface area (TPSA) is 127 Å². The highest BCUT2D eigenvalue weighted by Crippen LogP contribution is 2.51. The molecule has 4 N–H and O–H groups in total. The van der Waals surface area contributed by atoms with Gasteiger partial charge < -0.3 is 25.5 Å². The molecule has 1 fully saturated rings. The fourth-order valence-electron chi connectivity index (χ4n) is 5.11. The molecule has 244 valence electrons. The predicted octanol–water partition coefficient (Wildman–Crippen LogP) is 6.53. The molecule has 1 aliphatic heterocycles. The smallest absolute Gasteiger partial charge is 0.416 e. The number of halogens is 8. The summed E-state index contributed by atoms with van der Waals surface area (Å²) in [7, 11) is 0. The average Bonchev–Trinajstić information content (AvgIpc) is 3.34. The Balaban J connectivity index is 0.000000248. The molecule has 0 aromatic heterocycles. The number of rotatable bonds is 7. The molecule has 2 unspecified atom stereocenters. The summed E-state index contributed by atoms with van der Waals surface area (Å²) in [5, 5.41) is 31.6. The molecule has 0 bridgehead atoms. The Bertz CT molecular complexity index is 1510. The Hall–Kier alpha value is -3.75. The number of carbonyl (C=O) groups is 3. The van der Waals surface area contributed by atoms with E-state index in [1.165, 1.54) is 25.2 Å². The monoisotopic (exact) mass is 682 g/mol. The van der Waals surface area contributed by atoms with Crippen molar-refractivity contribution in [2.24, 2.45) is 5.41 Å². The van der Waals surface area contributed by atoms with Gasteiger partial charge in [0.25, 0.3) is 0 Å². The summed E-state index contributed by atoms with van der Waals surface area (Å²) >= 11 is 12.0. The second-order valence-electron chi connectivity index (χ2n) is 10.4. The zero-order valence-electron chi connectivity index (χ0n) is 23.3. The first kappa shape index (κ1) is 35.7. The van der Waals surface area contributed by atoms with Crippen LogP contribution in [0, 0.1) is 5.41 Å². The Labute approximate surface area is 262 Å². The average molecular weight is 683 g/mol. The quantitative estimate of drug-likeness (QED) is 0.246. The highest BCUT2D eigenvalue weighted by atomic mass is 35.5. The normalized spacial score (nSPS) is 21.5. The van der Waals surface area contributed by atoms with Gasteiger partial charge >= 0.3 is 30.3 Å². The maximum absolute atomic E-state index is 12.7. The highest BCUT2D eigenvalue weighted by molar-refractivity contribution is 6.42. The highest BCUT2D eigenvalue weighted by Gasteiger charge is 2.53. The predicted molar refractivity (Wildman–Crippen MR) is 151 cm³/mol. The van der Waals surface area contributed by atoms with Gasteiger partial charge in [0.2, 0.25) is 0 Å². The van der Waals surface area contributed by atoms with Gasteiger partial charge in [0.1, 0.15) is 0 Å². The largest absolute Gasteiger partial charge is 0.481 e. The van der Waals surface area contributed by atoms with Crippen LogP contribution in [0.15, 0.2) is 60.2 Å². The van der Waals surface area contributed by atoms with Crippen molar-refractivity contribution in [1.82, 2.24) is 10.2 Å². The number of nitrogens with zero attached hydrogens (tertiary/aromatic N) is 1. The van der Waals surface area contributed by atoms with Gasteiger partial charge in [0, 0.05) is 31.7 Å². The molecular weight excluding hydrogens is 657 g/mol. The van der Waals surface area contributed by atoms with Gasteiger partial charge in [-0.25, -0.2) is 9.59 Å². The van der Waals surface area contributed by atoms with Crippen molar-refractivity contribution in [2.45, 2.75) is 37.7 Å². The SMILES string of the molecule is CC1(C(=O)O)C=C(C(=O)O)C=CC1(CCO)c1ccc(Cl)c(Cl)c1.O=C1NCCN1Cc1cc(C(F)(F)F)cc(C(F)(F)F)c1. The molecule has 8 nitrogen and oxygen atoms in total. The van der Waals surface area contributed by atoms with E-state index in [0.717, 1.165) is 4.90 Å². The number of hydrogen-bond acceptors (Lipinski definition) is 4. The standard InChI is InChI=1S/C17H16Cl2O5.C12H10F6N2O/c1-16(15(23)24)9-10(14(21)22)4-5-17(16,6-7-20)11-2-3-12(18)13(19)8-11;13-11(14,15)8-3-7(4-9(5-8)12(16,17)18)6-20-2-1-19-10(20)21/h2-5,8-9,20H,6-7H2,1H3,(H,21,22)(H,23,24);3-5H,1-2,6H2,(H,19,21). The second kappa shape index (κ2) is 13.3. The number of benzene rings is 2. The lowest BCUT2D eigenvalue weighted by atomic mass is 9.56. The van der Waals surface area contributed by atoms with Gasteiger partial charge in [-0.3, -0.25) is 4.79 Å². The van der Waals surface area contributed by atoms with Crippen molar-refractivity contribution in [1.29, 1.82) is 0 Å². The lowest BCUT2D eigenvalue weighted by molar-refractivity contribution is -0.148. The van der Waals surface area contributed by atoms with Gasteiger partial charge in [-0.05, 0) is 54.8 Å². The van der Waals surface area contributed by atoms with Crippen molar-refractivity contribution in [3.05, 3.63) is 92.5 Å². The summed E-state index contributed by atoms with van der Waals surface area (Å²) in [5.41, 5.74) is -5.31. The van der Waals surface area contributed by atoms with E-state index >= 15 is 0 Å². The second-order valence-corrected chi connectivity index (χ2v) is 11.2. The van der Waals surface area contributed by atoms with E-state index in [0.29, 0.717) is 29.3 Å². The van der Waals surface area contributed by atoms with E-state index in [4.69, 9.17) is 23.2 Å². The molecule has 2 amide bonds. The van der Waals surface area contributed by atoms with Crippen LogP contribution in [0.5, 0.6) is 0 Å². The van der Waals surface area contributed by atoms with Crippen LogP contribution in [-0.2, 0) is 33.9 Å². The van der Waals surface area contributed by atoms with E-state index in [9.17, 15) is 56.0 Å². The number of amides is 2. The number of allylic oxidation sites excluding steroid dienone is 1. The van der Waals surface area contributed by atoms with Gasteiger partial charge in [-0.1, -0.05) is 47.5 Å². The van der Waals surface area contributed by atoms with Crippen LogP contribution in [0.2, 0.25) is 10.0 Å². The Morgan fingerprint density at radius 3 is 2.02 bits per heavy atom. The molecule has 16 heteroatoms. The van der Waals surface area contributed by atoms with Crippen LogP contribution < -0.4 is 5.32 Å². The van der Waals surface area contributed by atoms with Crippen LogP contribution in [0.1, 0.15) is 35.6 Å². The number of carboxylic acids is 2.